The topological polar surface area (TPSA) is 57.4 Å². The van der Waals surface area contributed by atoms with Crippen molar-refractivity contribution < 1.29 is 9.47 Å². The molecule has 1 rings (SSSR count). The van der Waals surface area contributed by atoms with Crippen LogP contribution in [-0.4, -0.2) is 19.2 Å². The van der Waals surface area contributed by atoms with Gasteiger partial charge in [-0.3, -0.25) is 4.98 Å². The molecule has 2 N–H and O–H groups in total. The van der Waals surface area contributed by atoms with Gasteiger partial charge in [-0.25, -0.2) is 0 Å². The first-order valence-electron chi connectivity index (χ1n) is 3.55. The minimum Gasteiger partial charge on any atom is -0.399 e. The number of anilines is 1. The van der Waals surface area contributed by atoms with Gasteiger partial charge in [-0.2, -0.15) is 0 Å². The van der Waals surface area contributed by atoms with Crippen molar-refractivity contribution in [3.63, 3.8) is 0 Å². The van der Waals surface area contributed by atoms with Gasteiger partial charge in [0.15, 0.2) is 0 Å². The molecule has 0 unspecified atom stereocenters. The van der Waals surface area contributed by atoms with E-state index in [1.165, 1.54) is 0 Å². The van der Waals surface area contributed by atoms with E-state index in [1.807, 2.05) is 0 Å². The number of methoxy groups -OCH3 is 2. The van der Waals surface area contributed by atoms with Gasteiger partial charge in [0, 0.05) is 26.1 Å². The van der Waals surface area contributed by atoms with E-state index in [9.17, 15) is 0 Å². The van der Waals surface area contributed by atoms with Gasteiger partial charge in [0.05, 0.1) is 5.69 Å². The summed E-state index contributed by atoms with van der Waals surface area (Å²) < 4.78 is 10.0. The summed E-state index contributed by atoms with van der Waals surface area (Å²) in [4.78, 5) is 4.05. The molecule has 0 radical (unpaired) electrons. The fourth-order valence-corrected chi connectivity index (χ4v) is 0.932. The maximum Gasteiger partial charge on any atom is 0.200 e. The molecule has 4 heteroatoms. The number of nitrogens with zero attached hydrogens (tertiary/aromatic N) is 1. The molecular weight excluding hydrogens is 156 g/mol. The third kappa shape index (κ3) is 1.93. The number of hydrogen-bond acceptors (Lipinski definition) is 4. The summed E-state index contributed by atoms with van der Waals surface area (Å²) in [7, 11) is 3.11. The Hall–Kier alpha value is -1.13. The number of hydrogen-bond donors (Lipinski definition) is 1. The SMILES string of the molecule is COC(OC)c1cc(N)ccn1. The fraction of sp³-hybridized carbons (Fsp3) is 0.375. The van der Waals surface area contributed by atoms with Gasteiger partial charge in [-0.15, -0.1) is 0 Å². The van der Waals surface area contributed by atoms with Crippen molar-refractivity contribution in [2.75, 3.05) is 20.0 Å². The number of nitrogens with two attached hydrogens (primary N) is 1. The summed E-state index contributed by atoms with van der Waals surface area (Å²) in [6.07, 6.45) is 1.18. The van der Waals surface area contributed by atoms with Crippen molar-refractivity contribution >= 4 is 5.69 Å². The van der Waals surface area contributed by atoms with Gasteiger partial charge in [0.2, 0.25) is 6.29 Å². The molecule has 66 valence electrons. The fourth-order valence-electron chi connectivity index (χ4n) is 0.932. The first kappa shape index (κ1) is 8.96. The molecule has 0 atom stereocenters. The lowest BCUT2D eigenvalue weighted by atomic mass is 10.3. The van der Waals surface area contributed by atoms with E-state index in [2.05, 4.69) is 4.98 Å². The van der Waals surface area contributed by atoms with E-state index in [0.29, 0.717) is 11.4 Å². The van der Waals surface area contributed by atoms with Crippen LogP contribution in [0.15, 0.2) is 18.3 Å². The molecule has 0 aromatic carbocycles. The molecule has 0 aliphatic rings. The smallest absolute Gasteiger partial charge is 0.200 e. The maximum atomic E-state index is 5.55. The summed E-state index contributed by atoms with van der Waals surface area (Å²) in [5.74, 6) is 0. The molecule has 1 heterocycles. The summed E-state index contributed by atoms with van der Waals surface area (Å²) in [5, 5.41) is 0. The molecule has 4 nitrogen and oxygen atoms in total. The second-order valence-electron chi connectivity index (χ2n) is 2.32. The van der Waals surface area contributed by atoms with Crippen molar-refractivity contribution in [2.45, 2.75) is 6.29 Å². The first-order chi connectivity index (χ1) is 5.77. The third-order valence-corrected chi connectivity index (χ3v) is 1.47. The largest absolute Gasteiger partial charge is 0.399 e. The molecule has 0 saturated heterocycles. The van der Waals surface area contributed by atoms with Crippen LogP contribution in [0, 0.1) is 0 Å². The van der Waals surface area contributed by atoms with Gasteiger partial charge in [0.25, 0.3) is 0 Å². The number of nitrogen functional groups attached to an aromatic ring is 1. The van der Waals surface area contributed by atoms with Crippen LogP contribution in [0.1, 0.15) is 12.0 Å². The zero-order chi connectivity index (χ0) is 8.97. The second-order valence-corrected chi connectivity index (χ2v) is 2.32. The predicted molar refractivity (Wildman–Crippen MR) is 45.4 cm³/mol. The van der Waals surface area contributed by atoms with Crippen molar-refractivity contribution in [2.24, 2.45) is 0 Å². The Labute approximate surface area is 71.3 Å². The van der Waals surface area contributed by atoms with Crippen molar-refractivity contribution in [3.8, 4) is 0 Å². The van der Waals surface area contributed by atoms with E-state index < -0.39 is 6.29 Å². The van der Waals surface area contributed by atoms with E-state index in [0.717, 1.165) is 0 Å². The number of aromatic nitrogens is 1. The van der Waals surface area contributed by atoms with E-state index in [-0.39, 0.29) is 0 Å². The van der Waals surface area contributed by atoms with Crippen LogP contribution in [0.2, 0.25) is 0 Å². The summed E-state index contributed by atoms with van der Waals surface area (Å²) in [6.45, 7) is 0. The third-order valence-electron chi connectivity index (χ3n) is 1.47. The molecule has 1 aromatic heterocycles. The van der Waals surface area contributed by atoms with E-state index >= 15 is 0 Å². The van der Waals surface area contributed by atoms with Gasteiger partial charge >= 0.3 is 0 Å². The van der Waals surface area contributed by atoms with Gasteiger partial charge < -0.3 is 15.2 Å². The second kappa shape index (κ2) is 4.04. The molecule has 0 fully saturated rings. The highest BCUT2D eigenvalue weighted by atomic mass is 16.7. The Kier molecular flexibility index (Phi) is 3.01. The molecule has 0 spiro atoms. The monoisotopic (exact) mass is 168 g/mol. The maximum absolute atomic E-state index is 5.55. The van der Waals surface area contributed by atoms with Crippen LogP contribution < -0.4 is 5.73 Å². The molecule has 0 aliphatic heterocycles. The van der Waals surface area contributed by atoms with Gasteiger partial charge in [0.1, 0.15) is 0 Å². The lowest BCUT2D eigenvalue weighted by molar-refractivity contribution is -0.108. The molecule has 0 amide bonds. The van der Waals surface area contributed by atoms with Crippen molar-refractivity contribution in [3.05, 3.63) is 24.0 Å². The molecule has 0 saturated carbocycles. The van der Waals surface area contributed by atoms with Crippen LogP contribution in [0.3, 0.4) is 0 Å². The quantitative estimate of drug-likeness (QED) is 0.683. The summed E-state index contributed by atoms with van der Waals surface area (Å²) >= 11 is 0. The molecule has 0 aliphatic carbocycles. The molecule has 12 heavy (non-hydrogen) atoms. The van der Waals surface area contributed by atoms with Crippen LogP contribution in [0.5, 0.6) is 0 Å². The van der Waals surface area contributed by atoms with Crippen molar-refractivity contribution in [1.82, 2.24) is 4.98 Å². The highest BCUT2D eigenvalue weighted by Gasteiger charge is 2.09. The zero-order valence-electron chi connectivity index (χ0n) is 7.15. The Balaban J connectivity index is 2.85. The highest BCUT2D eigenvalue weighted by Crippen LogP contribution is 2.15. The standard InChI is InChI=1S/C8H12N2O2/c1-11-8(12-2)7-5-6(9)3-4-10-7/h3-5,8H,1-2H3,(H2,9,10). The first-order valence-corrected chi connectivity index (χ1v) is 3.55. The minimum absolute atomic E-state index is 0.437. The van der Waals surface area contributed by atoms with Gasteiger partial charge in [-0.05, 0) is 12.1 Å². The Morgan fingerprint density at radius 2 is 2.08 bits per heavy atom. The summed E-state index contributed by atoms with van der Waals surface area (Å²) in [5.41, 5.74) is 6.89. The van der Waals surface area contributed by atoms with Crippen LogP contribution >= 0.6 is 0 Å². The Morgan fingerprint density at radius 3 is 2.58 bits per heavy atom. The average molecular weight is 168 g/mol. The molecular formula is C8H12N2O2. The van der Waals surface area contributed by atoms with Crippen LogP contribution in [0.4, 0.5) is 5.69 Å². The summed E-state index contributed by atoms with van der Waals surface area (Å²) in [6, 6.07) is 3.43. The molecule has 0 bridgehead atoms. The van der Waals surface area contributed by atoms with Gasteiger partial charge in [-0.1, -0.05) is 0 Å². The highest BCUT2D eigenvalue weighted by molar-refractivity contribution is 5.37. The van der Waals surface area contributed by atoms with E-state index in [4.69, 9.17) is 15.2 Å². The number of ether oxygens (including phenoxy) is 2. The van der Waals surface area contributed by atoms with Crippen LogP contribution in [-0.2, 0) is 9.47 Å². The predicted octanol–water partition coefficient (Wildman–Crippen LogP) is 0.955. The normalized spacial score (nSPS) is 10.6. The molecule has 1 aromatic rings. The van der Waals surface area contributed by atoms with E-state index in [1.54, 1.807) is 32.5 Å². The number of rotatable bonds is 3. The minimum atomic E-state index is -0.437. The Bertz CT molecular complexity index is 249. The Morgan fingerprint density at radius 1 is 1.42 bits per heavy atom. The lowest BCUT2D eigenvalue weighted by Crippen LogP contribution is -2.06. The number of pyridine rings is 1. The lowest BCUT2D eigenvalue weighted by Gasteiger charge is -2.12. The zero-order valence-corrected chi connectivity index (χ0v) is 7.15. The average Bonchev–Trinajstić information content (AvgIpc) is 2.07. The van der Waals surface area contributed by atoms with Crippen LogP contribution in [0.25, 0.3) is 0 Å². The van der Waals surface area contributed by atoms with Crippen molar-refractivity contribution in [1.29, 1.82) is 0 Å².